The molecule has 1 amide bonds. The van der Waals surface area contributed by atoms with Crippen molar-refractivity contribution in [3.8, 4) is 5.75 Å². The zero-order valence-electron chi connectivity index (χ0n) is 13.4. The molecule has 0 aliphatic rings. The van der Waals surface area contributed by atoms with Gasteiger partial charge in [0.15, 0.2) is 15.6 Å². The summed E-state index contributed by atoms with van der Waals surface area (Å²) in [7, 11) is -2.38. The Morgan fingerprint density at radius 2 is 1.60 bits per heavy atom. The van der Waals surface area contributed by atoms with Crippen LogP contribution >= 0.6 is 11.6 Å². The molecule has 0 aliphatic heterocycles. The van der Waals surface area contributed by atoms with E-state index in [0.717, 1.165) is 0 Å². The molecule has 0 saturated heterocycles. The van der Waals surface area contributed by atoms with Crippen molar-refractivity contribution < 1.29 is 22.7 Å². The fourth-order valence-corrected chi connectivity index (χ4v) is 3.31. The number of benzene rings is 2. The molecule has 0 aliphatic carbocycles. The van der Waals surface area contributed by atoms with Crippen molar-refractivity contribution in [3.63, 3.8) is 0 Å². The number of ether oxygens (including phenoxy) is 1. The summed E-state index contributed by atoms with van der Waals surface area (Å²) in [4.78, 5) is 23.9. The number of hydrogen-bond acceptors (Lipinski definition) is 5. The zero-order chi connectivity index (χ0) is 18.4. The molecule has 0 saturated carbocycles. The summed E-state index contributed by atoms with van der Waals surface area (Å²) in [6.45, 7) is 0. The number of rotatable bonds is 7. The molecule has 0 radical (unpaired) electrons. The number of carbonyl (C=O) groups is 2. The van der Waals surface area contributed by atoms with E-state index < -0.39 is 33.0 Å². The van der Waals surface area contributed by atoms with E-state index in [-0.39, 0.29) is 5.56 Å². The first-order valence-corrected chi connectivity index (χ1v) is 9.42. The van der Waals surface area contributed by atoms with Gasteiger partial charge in [0.25, 0.3) is 0 Å². The minimum Gasteiger partial charge on any atom is -0.497 e. The van der Waals surface area contributed by atoms with Gasteiger partial charge in [0.2, 0.25) is 5.91 Å². The minimum atomic E-state index is -3.89. The van der Waals surface area contributed by atoms with Crippen LogP contribution < -0.4 is 10.1 Å². The lowest BCUT2D eigenvalue weighted by molar-refractivity contribution is -0.113. The fourth-order valence-electron chi connectivity index (χ4n) is 2.04. The van der Waals surface area contributed by atoms with Crippen LogP contribution in [0.25, 0.3) is 0 Å². The third kappa shape index (κ3) is 5.88. The van der Waals surface area contributed by atoms with Gasteiger partial charge in [0, 0.05) is 16.3 Å². The molecular weight excluding hydrogens is 366 g/mol. The maximum atomic E-state index is 12.1. The zero-order valence-corrected chi connectivity index (χ0v) is 14.9. The molecule has 0 bridgehead atoms. The second-order valence-electron chi connectivity index (χ2n) is 5.24. The highest BCUT2D eigenvalue weighted by Gasteiger charge is 2.21. The molecule has 2 aromatic carbocycles. The number of amides is 1. The van der Waals surface area contributed by atoms with Gasteiger partial charge in [-0.05, 0) is 48.5 Å². The van der Waals surface area contributed by atoms with E-state index in [4.69, 9.17) is 16.3 Å². The number of carbonyl (C=O) groups excluding carboxylic acids is 2. The highest BCUT2D eigenvalue weighted by atomic mass is 35.5. The highest BCUT2D eigenvalue weighted by Crippen LogP contribution is 2.15. The third-order valence-corrected chi connectivity index (χ3v) is 4.90. The van der Waals surface area contributed by atoms with E-state index in [1.54, 1.807) is 24.3 Å². The van der Waals surface area contributed by atoms with Crippen molar-refractivity contribution in [1.29, 1.82) is 0 Å². The lowest BCUT2D eigenvalue weighted by Gasteiger charge is -2.07. The molecule has 6 nitrogen and oxygen atoms in total. The SMILES string of the molecule is COc1ccc(NC(=O)CS(=O)(=O)CC(=O)c2ccc(Cl)cc2)cc1. The van der Waals surface area contributed by atoms with Gasteiger partial charge in [0.05, 0.1) is 7.11 Å². The van der Waals surface area contributed by atoms with Crippen LogP contribution in [0.15, 0.2) is 48.5 Å². The van der Waals surface area contributed by atoms with Crippen LogP contribution in [0.3, 0.4) is 0 Å². The van der Waals surface area contributed by atoms with Crippen LogP contribution in [-0.2, 0) is 14.6 Å². The van der Waals surface area contributed by atoms with E-state index in [9.17, 15) is 18.0 Å². The highest BCUT2D eigenvalue weighted by molar-refractivity contribution is 7.92. The Balaban J connectivity index is 1.96. The van der Waals surface area contributed by atoms with Crippen LogP contribution in [0.4, 0.5) is 5.69 Å². The average Bonchev–Trinajstić information content (AvgIpc) is 2.55. The van der Waals surface area contributed by atoms with Gasteiger partial charge in [-0.2, -0.15) is 0 Å². The fraction of sp³-hybridized carbons (Fsp3) is 0.176. The lowest BCUT2D eigenvalue weighted by atomic mass is 10.1. The number of nitrogens with one attached hydrogen (secondary N) is 1. The predicted octanol–water partition coefficient (Wildman–Crippen LogP) is 2.58. The number of ketones is 1. The summed E-state index contributed by atoms with van der Waals surface area (Å²) >= 11 is 5.72. The lowest BCUT2D eigenvalue weighted by Crippen LogP contribution is -2.27. The standard InChI is InChI=1S/C17H16ClNO5S/c1-24-15-8-6-14(7-9-15)19-17(21)11-25(22,23)10-16(20)12-2-4-13(18)5-3-12/h2-9H,10-11H2,1H3,(H,19,21). The predicted molar refractivity (Wildman–Crippen MR) is 96.1 cm³/mol. The first kappa shape index (κ1) is 19.0. The normalized spacial score (nSPS) is 11.0. The third-order valence-electron chi connectivity index (χ3n) is 3.24. The van der Waals surface area contributed by atoms with E-state index in [1.165, 1.54) is 31.4 Å². The minimum absolute atomic E-state index is 0.225. The summed E-state index contributed by atoms with van der Waals surface area (Å²) in [5, 5.41) is 2.91. The van der Waals surface area contributed by atoms with Gasteiger partial charge in [-0.25, -0.2) is 8.42 Å². The van der Waals surface area contributed by atoms with Gasteiger partial charge >= 0.3 is 0 Å². The molecule has 0 fully saturated rings. The van der Waals surface area contributed by atoms with Crippen LogP contribution in [0, 0.1) is 0 Å². The Hall–Kier alpha value is -2.38. The van der Waals surface area contributed by atoms with Crippen molar-refractivity contribution in [1.82, 2.24) is 0 Å². The molecule has 2 rings (SSSR count). The second kappa shape index (κ2) is 8.13. The number of halogens is 1. The van der Waals surface area contributed by atoms with Crippen LogP contribution in [0.1, 0.15) is 10.4 Å². The van der Waals surface area contributed by atoms with Crippen molar-refractivity contribution >= 4 is 38.8 Å². The number of Topliss-reactive ketones (excluding diaryl/α,β-unsaturated/α-hetero) is 1. The van der Waals surface area contributed by atoms with Gasteiger partial charge in [-0.15, -0.1) is 0 Å². The number of methoxy groups -OCH3 is 1. The maximum Gasteiger partial charge on any atom is 0.239 e. The molecule has 1 N–H and O–H groups in total. The smallest absolute Gasteiger partial charge is 0.239 e. The molecule has 132 valence electrons. The Morgan fingerprint density at radius 3 is 2.16 bits per heavy atom. The number of anilines is 1. The Morgan fingerprint density at radius 1 is 1.00 bits per heavy atom. The number of hydrogen-bond donors (Lipinski definition) is 1. The van der Waals surface area contributed by atoms with E-state index in [1.807, 2.05) is 0 Å². The molecule has 0 spiro atoms. The van der Waals surface area contributed by atoms with Crippen molar-refractivity contribution in [2.24, 2.45) is 0 Å². The van der Waals surface area contributed by atoms with Crippen molar-refractivity contribution in [2.45, 2.75) is 0 Å². The van der Waals surface area contributed by atoms with E-state index in [0.29, 0.717) is 16.5 Å². The molecular formula is C17H16ClNO5S. The Bertz CT molecular complexity index is 861. The monoisotopic (exact) mass is 381 g/mol. The van der Waals surface area contributed by atoms with Crippen molar-refractivity contribution in [2.75, 3.05) is 23.9 Å². The van der Waals surface area contributed by atoms with Crippen LogP contribution in [0.5, 0.6) is 5.75 Å². The maximum absolute atomic E-state index is 12.1. The average molecular weight is 382 g/mol. The molecule has 0 atom stereocenters. The number of sulfone groups is 1. The molecule has 25 heavy (non-hydrogen) atoms. The van der Waals surface area contributed by atoms with E-state index >= 15 is 0 Å². The summed E-state index contributed by atoms with van der Waals surface area (Å²) in [5.74, 6) is -2.22. The van der Waals surface area contributed by atoms with Gasteiger partial charge in [0.1, 0.15) is 17.3 Å². The molecule has 0 aromatic heterocycles. The largest absolute Gasteiger partial charge is 0.497 e. The summed E-state index contributed by atoms with van der Waals surface area (Å²) in [5.41, 5.74) is 0.661. The first-order valence-electron chi connectivity index (χ1n) is 7.22. The van der Waals surface area contributed by atoms with Gasteiger partial charge in [-0.3, -0.25) is 9.59 Å². The van der Waals surface area contributed by atoms with E-state index in [2.05, 4.69) is 5.32 Å². The molecule has 0 heterocycles. The molecule has 2 aromatic rings. The Kier molecular flexibility index (Phi) is 6.17. The van der Waals surface area contributed by atoms with Gasteiger partial charge in [-0.1, -0.05) is 11.6 Å². The molecule has 0 unspecified atom stereocenters. The molecule has 8 heteroatoms. The summed E-state index contributed by atoms with van der Waals surface area (Å²) < 4.78 is 29.1. The van der Waals surface area contributed by atoms with Crippen LogP contribution in [-0.4, -0.2) is 38.7 Å². The van der Waals surface area contributed by atoms with Gasteiger partial charge < -0.3 is 10.1 Å². The quantitative estimate of drug-likeness (QED) is 0.744. The topological polar surface area (TPSA) is 89.5 Å². The first-order chi connectivity index (χ1) is 11.8. The summed E-state index contributed by atoms with van der Waals surface area (Å²) in [6.07, 6.45) is 0. The Labute approximate surface area is 150 Å². The summed E-state index contributed by atoms with van der Waals surface area (Å²) in [6, 6.07) is 12.3. The van der Waals surface area contributed by atoms with Crippen molar-refractivity contribution in [3.05, 3.63) is 59.1 Å². The van der Waals surface area contributed by atoms with Crippen LogP contribution in [0.2, 0.25) is 5.02 Å². The second-order valence-corrected chi connectivity index (χ2v) is 7.74.